The summed E-state index contributed by atoms with van der Waals surface area (Å²) >= 11 is 0. The molecular formula is C10H23NO2. The van der Waals surface area contributed by atoms with Crippen LogP contribution in [0.3, 0.4) is 0 Å². The number of hydrogen-bond acceptors (Lipinski definition) is 2. The van der Waals surface area contributed by atoms with Crippen LogP contribution in [-0.4, -0.2) is 36.6 Å². The molecule has 3 nitrogen and oxygen atoms in total. The number of rotatable bonds is 5. The van der Waals surface area contributed by atoms with Crippen molar-refractivity contribution >= 4 is 5.97 Å². The van der Waals surface area contributed by atoms with E-state index in [-0.39, 0.29) is 6.42 Å². The lowest BCUT2D eigenvalue weighted by Gasteiger charge is -2.17. The summed E-state index contributed by atoms with van der Waals surface area (Å²) in [6, 6.07) is 0. The predicted octanol–water partition coefficient (Wildman–Crippen LogP) is 2.08. The summed E-state index contributed by atoms with van der Waals surface area (Å²) < 4.78 is 0. The molecule has 0 fully saturated rings. The van der Waals surface area contributed by atoms with Crippen molar-refractivity contribution in [3.63, 3.8) is 0 Å². The summed E-state index contributed by atoms with van der Waals surface area (Å²) in [7, 11) is 3.93. The Morgan fingerprint density at radius 1 is 1.38 bits per heavy atom. The fourth-order valence-electron chi connectivity index (χ4n) is 1.10. The molecule has 1 unspecified atom stereocenters. The van der Waals surface area contributed by atoms with E-state index in [9.17, 15) is 4.79 Å². The number of nitrogens with zero attached hydrogens (tertiary/aromatic N) is 1. The van der Waals surface area contributed by atoms with Crippen LogP contribution in [0.1, 0.15) is 33.6 Å². The average Bonchev–Trinajstić information content (AvgIpc) is 2.05. The average molecular weight is 189 g/mol. The number of hydrogen-bond donors (Lipinski definition) is 1. The Hall–Kier alpha value is -0.570. The van der Waals surface area contributed by atoms with E-state index in [0.717, 1.165) is 13.0 Å². The molecule has 13 heavy (non-hydrogen) atoms. The van der Waals surface area contributed by atoms with Crippen LogP contribution < -0.4 is 0 Å². The van der Waals surface area contributed by atoms with Crippen LogP contribution in [0.4, 0.5) is 0 Å². The summed E-state index contributed by atoms with van der Waals surface area (Å²) in [5.74, 6) is -0.402. The maximum atomic E-state index is 10.3. The molecule has 80 valence electrons. The van der Waals surface area contributed by atoms with Gasteiger partial charge in [0, 0.05) is 13.0 Å². The zero-order valence-corrected chi connectivity index (χ0v) is 9.50. The van der Waals surface area contributed by atoms with E-state index in [1.54, 1.807) is 0 Å². The summed E-state index contributed by atoms with van der Waals surface area (Å²) in [5.41, 5.74) is 0. The topological polar surface area (TPSA) is 40.5 Å². The Morgan fingerprint density at radius 2 is 1.85 bits per heavy atom. The Bertz CT molecular complexity index is 124. The van der Waals surface area contributed by atoms with Gasteiger partial charge < -0.3 is 10.0 Å². The van der Waals surface area contributed by atoms with Crippen molar-refractivity contribution in [1.82, 2.24) is 4.90 Å². The Balaban J connectivity index is 0. The largest absolute Gasteiger partial charge is 0.481 e. The molecule has 1 atom stereocenters. The lowest BCUT2D eigenvalue weighted by atomic mass is 10.0. The highest BCUT2D eigenvalue weighted by Gasteiger charge is 2.11. The second-order valence-electron chi connectivity index (χ2n) is 3.13. The maximum Gasteiger partial charge on any atom is 0.303 e. The molecule has 0 aliphatic heterocycles. The van der Waals surface area contributed by atoms with E-state index in [2.05, 4.69) is 0 Å². The lowest BCUT2D eigenvalue weighted by molar-refractivity contribution is -0.138. The first kappa shape index (κ1) is 14.9. The first-order valence-electron chi connectivity index (χ1n) is 4.92. The van der Waals surface area contributed by atoms with Gasteiger partial charge in [0.2, 0.25) is 0 Å². The van der Waals surface area contributed by atoms with Crippen molar-refractivity contribution in [3.8, 4) is 0 Å². The van der Waals surface area contributed by atoms with Gasteiger partial charge in [0.1, 0.15) is 0 Å². The third-order valence-corrected chi connectivity index (χ3v) is 1.66. The quantitative estimate of drug-likeness (QED) is 0.719. The molecular weight excluding hydrogens is 166 g/mol. The molecule has 1 N–H and O–H groups in total. The van der Waals surface area contributed by atoms with Crippen LogP contribution in [0.5, 0.6) is 0 Å². The van der Waals surface area contributed by atoms with Crippen molar-refractivity contribution in [3.05, 3.63) is 0 Å². The van der Waals surface area contributed by atoms with Crippen LogP contribution in [0.25, 0.3) is 0 Å². The Kier molecular flexibility index (Phi) is 10.9. The summed E-state index contributed by atoms with van der Waals surface area (Å²) in [4.78, 5) is 12.4. The fraction of sp³-hybridized carbons (Fsp3) is 0.900. The molecule has 0 amide bonds. The highest BCUT2D eigenvalue weighted by atomic mass is 16.4. The molecule has 0 radical (unpaired) electrons. The highest BCUT2D eigenvalue weighted by molar-refractivity contribution is 5.67. The van der Waals surface area contributed by atoms with Crippen LogP contribution >= 0.6 is 0 Å². The molecule has 0 bridgehead atoms. The standard InChI is InChI=1S/C8H17NO2.C2H6/c1-4-7(5-8(10)11)6-9(2)3;1-2/h7H,4-6H2,1-3H3,(H,10,11);1-2H3. The van der Waals surface area contributed by atoms with Crippen LogP contribution in [0, 0.1) is 5.92 Å². The van der Waals surface area contributed by atoms with Gasteiger partial charge in [-0.1, -0.05) is 27.2 Å². The Morgan fingerprint density at radius 3 is 2.08 bits per heavy atom. The second-order valence-corrected chi connectivity index (χ2v) is 3.13. The van der Waals surface area contributed by atoms with Crippen molar-refractivity contribution in [2.75, 3.05) is 20.6 Å². The summed E-state index contributed by atoms with van der Waals surface area (Å²) in [6.07, 6.45) is 1.22. The van der Waals surface area contributed by atoms with Crippen LogP contribution in [0.2, 0.25) is 0 Å². The highest BCUT2D eigenvalue weighted by Crippen LogP contribution is 2.08. The molecule has 0 aromatic heterocycles. The van der Waals surface area contributed by atoms with Gasteiger partial charge in [-0.25, -0.2) is 0 Å². The van der Waals surface area contributed by atoms with E-state index in [1.807, 2.05) is 39.8 Å². The minimum Gasteiger partial charge on any atom is -0.481 e. The number of carboxylic acid groups (broad SMARTS) is 1. The predicted molar refractivity (Wildman–Crippen MR) is 55.9 cm³/mol. The van der Waals surface area contributed by atoms with E-state index >= 15 is 0 Å². The van der Waals surface area contributed by atoms with Gasteiger partial charge in [0.25, 0.3) is 0 Å². The number of carboxylic acids is 1. The normalized spacial score (nSPS) is 11.8. The monoisotopic (exact) mass is 189 g/mol. The van der Waals surface area contributed by atoms with Gasteiger partial charge in [-0.05, 0) is 20.0 Å². The first-order valence-corrected chi connectivity index (χ1v) is 4.92. The minimum absolute atomic E-state index is 0.286. The summed E-state index contributed by atoms with van der Waals surface area (Å²) in [5, 5.41) is 8.51. The van der Waals surface area contributed by atoms with Crippen molar-refractivity contribution < 1.29 is 9.90 Å². The Labute approximate surface area is 81.7 Å². The molecule has 0 aliphatic rings. The molecule has 0 rings (SSSR count). The smallest absolute Gasteiger partial charge is 0.303 e. The van der Waals surface area contributed by atoms with Gasteiger partial charge in [0.05, 0.1) is 0 Å². The molecule has 0 aromatic carbocycles. The number of aliphatic carboxylic acids is 1. The third kappa shape index (κ3) is 11.4. The van der Waals surface area contributed by atoms with E-state index in [1.165, 1.54) is 0 Å². The molecule has 0 aromatic rings. The van der Waals surface area contributed by atoms with Crippen LogP contribution in [0.15, 0.2) is 0 Å². The maximum absolute atomic E-state index is 10.3. The molecule has 0 aliphatic carbocycles. The van der Waals surface area contributed by atoms with Gasteiger partial charge in [0.15, 0.2) is 0 Å². The van der Waals surface area contributed by atoms with Crippen LogP contribution in [-0.2, 0) is 4.79 Å². The first-order chi connectivity index (χ1) is 6.06. The fourth-order valence-corrected chi connectivity index (χ4v) is 1.10. The second kappa shape index (κ2) is 9.52. The van der Waals surface area contributed by atoms with Crippen molar-refractivity contribution in [2.24, 2.45) is 5.92 Å². The van der Waals surface area contributed by atoms with Crippen molar-refractivity contribution in [2.45, 2.75) is 33.6 Å². The van der Waals surface area contributed by atoms with Gasteiger partial charge in [-0.2, -0.15) is 0 Å². The van der Waals surface area contributed by atoms with Gasteiger partial charge in [-0.15, -0.1) is 0 Å². The minimum atomic E-state index is -0.696. The third-order valence-electron chi connectivity index (χ3n) is 1.66. The van der Waals surface area contributed by atoms with Crippen molar-refractivity contribution in [1.29, 1.82) is 0 Å². The molecule has 0 saturated heterocycles. The lowest BCUT2D eigenvalue weighted by Crippen LogP contribution is -2.23. The van der Waals surface area contributed by atoms with Gasteiger partial charge >= 0.3 is 5.97 Å². The van der Waals surface area contributed by atoms with E-state index < -0.39 is 5.97 Å². The molecule has 0 heterocycles. The summed E-state index contributed by atoms with van der Waals surface area (Å²) in [6.45, 7) is 6.89. The van der Waals surface area contributed by atoms with E-state index in [0.29, 0.717) is 5.92 Å². The molecule has 3 heteroatoms. The zero-order valence-electron chi connectivity index (χ0n) is 9.50. The van der Waals surface area contributed by atoms with Gasteiger partial charge in [-0.3, -0.25) is 4.79 Å². The molecule has 0 spiro atoms. The zero-order chi connectivity index (χ0) is 10.9. The number of carbonyl (C=O) groups is 1. The van der Waals surface area contributed by atoms with E-state index in [4.69, 9.17) is 5.11 Å². The molecule has 0 saturated carbocycles. The SMILES string of the molecule is CC.CCC(CC(=O)O)CN(C)C.